The van der Waals surface area contributed by atoms with Gasteiger partial charge in [-0.1, -0.05) is 30.3 Å². The average molecular weight is 260 g/mol. The van der Waals surface area contributed by atoms with Crippen LogP contribution in [-0.4, -0.2) is 18.8 Å². The topological polar surface area (TPSA) is 26.3 Å². The Kier molecular flexibility index (Phi) is 5.19. The Hall–Kier alpha value is -1.52. The SMILES string of the molecule is CCOC(=O)C(Cc1ccccc1)CC(F)(F)F. The molecular formula is C13H15F3O2. The van der Waals surface area contributed by atoms with Crippen LogP contribution in [0.1, 0.15) is 18.9 Å². The van der Waals surface area contributed by atoms with Gasteiger partial charge < -0.3 is 4.74 Å². The van der Waals surface area contributed by atoms with Crippen molar-refractivity contribution in [2.45, 2.75) is 25.9 Å². The first kappa shape index (κ1) is 14.5. The molecule has 0 amide bonds. The zero-order valence-corrected chi connectivity index (χ0v) is 10.0. The summed E-state index contributed by atoms with van der Waals surface area (Å²) in [4.78, 5) is 11.5. The van der Waals surface area contributed by atoms with E-state index in [0.717, 1.165) is 0 Å². The van der Waals surface area contributed by atoms with Crippen LogP contribution in [0.4, 0.5) is 13.2 Å². The molecule has 0 heterocycles. The van der Waals surface area contributed by atoms with E-state index in [0.29, 0.717) is 5.56 Å². The molecule has 0 aliphatic carbocycles. The predicted molar refractivity (Wildman–Crippen MR) is 60.9 cm³/mol. The molecule has 0 saturated carbocycles. The van der Waals surface area contributed by atoms with E-state index in [1.54, 1.807) is 37.3 Å². The van der Waals surface area contributed by atoms with Crippen molar-refractivity contribution in [3.05, 3.63) is 35.9 Å². The van der Waals surface area contributed by atoms with E-state index < -0.39 is 24.5 Å². The molecule has 1 unspecified atom stereocenters. The van der Waals surface area contributed by atoms with Crippen LogP contribution in [0.3, 0.4) is 0 Å². The third kappa shape index (κ3) is 5.21. The second-order valence-electron chi connectivity index (χ2n) is 3.96. The largest absolute Gasteiger partial charge is 0.466 e. The fraction of sp³-hybridized carbons (Fsp3) is 0.462. The summed E-state index contributed by atoms with van der Waals surface area (Å²) in [7, 11) is 0. The van der Waals surface area contributed by atoms with E-state index >= 15 is 0 Å². The lowest BCUT2D eigenvalue weighted by molar-refractivity contribution is -0.167. The molecule has 0 aromatic heterocycles. The third-order valence-corrected chi connectivity index (χ3v) is 2.42. The van der Waals surface area contributed by atoms with Gasteiger partial charge in [-0.25, -0.2) is 0 Å². The smallest absolute Gasteiger partial charge is 0.389 e. The molecule has 0 saturated heterocycles. The second kappa shape index (κ2) is 6.42. The van der Waals surface area contributed by atoms with Crippen LogP contribution in [0.15, 0.2) is 30.3 Å². The van der Waals surface area contributed by atoms with E-state index in [1.807, 2.05) is 0 Å². The number of hydrogen-bond acceptors (Lipinski definition) is 2. The maximum absolute atomic E-state index is 12.4. The summed E-state index contributed by atoms with van der Waals surface area (Å²) in [5.74, 6) is -1.97. The van der Waals surface area contributed by atoms with Gasteiger partial charge in [0.25, 0.3) is 0 Å². The number of ether oxygens (including phenoxy) is 1. The van der Waals surface area contributed by atoms with E-state index in [1.165, 1.54) is 0 Å². The molecule has 5 heteroatoms. The summed E-state index contributed by atoms with van der Waals surface area (Å²) in [6, 6.07) is 8.62. The third-order valence-electron chi connectivity index (χ3n) is 2.42. The number of esters is 1. The van der Waals surface area contributed by atoms with Crippen LogP contribution in [0.5, 0.6) is 0 Å². The summed E-state index contributed by atoms with van der Waals surface area (Å²) < 4.78 is 41.9. The molecular weight excluding hydrogens is 245 g/mol. The average Bonchev–Trinajstić information content (AvgIpc) is 2.28. The number of carbonyl (C=O) groups excluding carboxylic acids is 1. The van der Waals surface area contributed by atoms with Crippen molar-refractivity contribution >= 4 is 5.97 Å². The fourth-order valence-electron chi connectivity index (χ4n) is 1.68. The van der Waals surface area contributed by atoms with Gasteiger partial charge in [0.05, 0.1) is 18.9 Å². The molecule has 2 nitrogen and oxygen atoms in total. The molecule has 0 aliphatic rings. The highest BCUT2D eigenvalue weighted by atomic mass is 19.4. The molecule has 0 aliphatic heterocycles. The summed E-state index contributed by atoms with van der Waals surface area (Å²) in [6.45, 7) is 1.66. The number of rotatable bonds is 5. The molecule has 1 rings (SSSR count). The Bertz CT molecular complexity index is 374. The lowest BCUT2D eigenvalue weighted by Crippen LogP contribution is -2.26. The van der Waals surface area contributed by atoms with E-state index in [2.05, 4.69) is 4.74 Å². The van der Waals surface area contributed by atoms with Gasteiger partial charge >= 0.3 is 12.1 Å². The lowest BCUT2D eigenvalue weighted by atomic mass is 9.96. The molecule has 0 spiro atoms. The summed E-state index contributed by atoms with van der Waals surface area (Å²) in [5.41, 5.74) is 0.694. The van der Waals surface area contributed by atoms with Crippen molar-refractivity contribution < 1.29 is 22.7 Å². The quantitative estimate of drug-likeness (QED) is 0.759. The van der Waals surface area contributed by atoms with Crippen LogP contribution in [0, 0.1) is 5.92 Å². The number of carbonyl (C=O) groups is 1. The monoisotopic (exact) mass is 260 g/mol. The van der Waals surface area contributed by atoms with Crippen LogP contribution in [0.25, 0.3) is 0 Å². The summed E-state index contributed by atoms with van der Waals surface area (Å²) in [6.07, 6.45) is -5.48. The van der Waals surface area contributed by atoms with Crippen molar-refractivity contribution in [1.29, 1.82) is 0 Å². The van der Waals surface area contributed by atoms with Gasteiger partial charge in [-0.05, 0) is 18.9 Å². The Morgan fingerprint density at radius 1 is 1.28 bits per heavy atom. The zero-order chi connectivity index (χ0) is 13.6. The minimum absolute atomic E-state index is 0.0409. The molecule has 0 radical (unpaired) electrons. The molecule has 0 bridgehead atoms. The van der Waals surface area contributed by atoms with Gasteiger partial charge in [0.15, 0.2) is 0 Å². The van der Waals surface area contributed by atoms with E-state index in [-0.39, 0.29) is 13.0 Å². The van der Waals surface area contributed by atoms with Gasteiger partial charge in [0.1, 0.15) is 0 Å². The number of halogens is 3. The normalized spacial score (nSPS) is 13.1. The minimum atomic E-state index is -4.37. The standard InChI is InChI=1S/C13H15F3O2/c1-2-18-12(17)11(9-13(14,15)16)8-10-6-4-3-5-7-10/h3-7,11H,2,8-9H2,1H3. The van der Waals surface area contributed by atoms with E-state index in [4.69, 9.17) is 0 Å². The first-order valence-electron chi connectivity index (χ1n) is 5.69. The van der Waals surface area contributed by atoms with Crippen molar-refractivity contribution in [3.63, 3.8) is 0 Å². The first-order chi connectivity index (χ1) is 8.42. The zero-order valence-electron chi connectivity index (χ0n) is 10.0. The van der Waals surface area contributed by atoms with Gasteiger partial charge in [0.2, 0.25) is 0 Å². The minimum Gasteiger partial charge on any atom is -0.466 e. The van der Waals surface area contributed by atoms with Crippen molar-refractivity contribution in [2.75, 3.05) is 6.61 Å². The van der Waals surface area contributed by atoms with Gasteiger partial charge in [0, 0.05) is 0 Å². The predicted octanol–water partition coefficient (Wildman–Crippen LogP) is 3.36. The van der Waals surface area contributed by atoms with E-state index in [9.17, 15) is 18.0 Å². The number of hydrogen-bond donors (Lipinski definition) is 0. The van der Waals surface area contributed by atoms with Crippen molar-refractivity contribution in [2.24, 2.45) is 5.92 Å². The summed E-state index contributed by atoms with van der Waals surface area (Å²) >= 11 is 0. The highest BCUT2D eigenvalue weighted by Gasteiger charge is 2.36. The Morgan fingerprint density at radius 2 is 1.89 bits per heavy atom. The fourth-order valence-corrected chi connectivity index (χ4v) is 1.68. The Labute approximate surface area is 104 Å². The first-order valence-corrected chi connectivity index (χ1v) is 5.69. The van der Waals surface area contributed by atoms with Gasteiger partial charge in [-0.2, -0.15) is 13.2 Å². The van der Waals surface area contributed by atoms with Crippen LogP contribution >= 0.6 is 0 Å². The molecule has 0 N–H and O–H groups in total. The van der Waals surface area contributed by atoms with Gasteiger partial charge in [-0.3, -0.25) is 4.79 Å². The Balaban J connectivity index is 2.74. The van der Waals surface area contributed by atoms with Crippen LogP contribution < -0.4 is 0 Å². The van der Waals surface area contributed by atoms with Crippen LogP contribution in [0.2, 0.25) is 0 Å². The summed E-state index contributed by atoms with van der Waals surface area (Å²) in [5, 5.41) is 0. The maximum atomic E-state index is 12.4. The van der Waals surface area contributed by atoms with Crippen LogP contribution in [-0.2, 0) is 16.0 Å². The molecule has 0 fully saturated rings. The molecule has 1 aromatic carbocycles. The highest BCUT2D eigenvalue weighted by molar-refractivity contribution is 5.72. The molecule has 1 aromatic rings. The second-order valence-corrected chi connectivity index (χ2v) is 3.96. The van der Waals surface area contributed by atoms with Crippen molar-refractivity contribution in [1.82, 2.24) is 0 Å². The number of benzene rings is 1. The van der Waals surface area contributed by atoms with Crippen molar-refractivity contribution in [3.8, 4) is 0 Å². The molecule has 1 atom stereocenters. The lowest BCUT2D eigenvalue weighted by Gasteiger charge is -2.17. The molecule has 100 valence electrons. The Morgan fingerprint density at radius 3 is 2.39 bits per heavy atom. The number of alkyl halides is 3. The maximum Gasteiger partial charge on any atom is 0.389 e. The molecule has 18 heavy (non-hydrogen) atoms. The highest BCUT2D eigenvalue weighted by Crippen LogP contribution is 2.27. The van der Waals surface area contributed by atoms with Gasteiger partial charge in [-0.15, -0.1) is 0 Å².